The largest absolute Gasteiger partial charge is 0.258 e. The van der Waals surface area contributed by atoms with Crippen molar-refractivity contribution >= 4 is 46.4 Å². The summed E-state index contributed by atoms with van der Waals surface area (Å²) in [5.41, 5.74) is 0. The van der Waals surface area contributed by atoms with E-state index in [4.69, 9.17) is 46.4 Å². The van der Waals surface area contributed by atoms with Gasteiger partial charge in [0.05, 0.1) is 0 Å². The first-order chi connectivity index (χ1) is 3.81. The van der Waals surface area contributed by atoms with E-state index in [2.05, 4.69) is 0 Å². The van der Waals surface area contributed by atoms with Gasteiger partial charge in [-0.1, -0.05) is 46.4 Å². The molecule has 0 bridgehead atoms. The fourth-order valence-electron chi connectivity index (χ4n) is 0.0758. The van der Waals surface area contributed by atoms with Crippen LogP contribution in [0, 0.1) is 0 Å². The van der Waals surface area contributed by atoms with Crippen LogP contribution in [0.3, 0.4) is 0 Å². The Kier molecular flexibility index (Phi) is 3.29. The van der Waals surface area contributed by atoms with Crippen LogP contribution in [0.25, 0.3) is 0 Å². The zero-order valence-electron chi connectivity index (χ0n) is 3.97. The van der Waals surface area contributed by atoms with Gasteiger partial charge in [0.1, 0.15) is 6.67 Å². The highest BCUT2D eigenvalue weighted by molar-refractivity contribution is 6.70. The SMILES string of the molecule is FCC(F)(Cl)C(Cl)(Cl)Cl. The van der Waals surface area contributed by atoms with Crippen LogP contribution >= 0.6 is 46.4 Å². The van der Waals surface area contributed by atoms with Crippen LogP contribution < -0.4 is 0 Å². The van der Waals surface area contributed by atoms with Crippen molar-refractivity contribution in [1.29, 1.82) is 0 Å². The Bertz CT molecular complexity index is 96.5. The molecule has 0 heterocycles. The molecule has 56 valence electrons. The van der Waals surface area contributed by atoms with Crippen molar-refractivity contribution in [3.05, 3.63) is 0 Å². The Labute approximate surface area is 71.0 Å². The van der Waals surface area contributed by atoms with Crippen molar-refractivity contribution in [2.75, 3.05) is 6.67 Å². The quantitative estimate of drug-likeness (QED) is 0.592. The summed E-state index contributed by atoms with van der Waals surface area (Å²) in [5, 5.41) is -2.92. The smallest absolute Gasteiger partial charge is 0.246 e. The molecule has 0 saturated heterocycles. The molecule has 0 radical (unpaired) electrons. The second-order valence-electron chi connectivity index (χ2n) is 1.34. The maximum atomic E-state index is 12.3. The van der Waals surface area contributed by atoms with Crippen LogP contribution in [-0.4, -0.2) is 15.6 Å². The molecule has 1 atom stereocenters. The van der Waals surface area contributed by atoms with E-state index in [1.807, 2.05) is 0 Å². The lowest BCUT2D eigenvalue weighted by Crippen LogP contribution is -2.34. The van der Waals surface area contributed by atoms with Crippen molar-refractivity contribution in [3.8, 4) is 0 Å². The predicted molar refractivity (Wildman–Crippen MR) is 36.0 cm³/mol. The van der Waals surface area contributed by atoms with Gasteiger partial charge in [0.15, 0.2) is 0 Å². The van der Waals surface area contributed by atoms with Gasteiger partial charge in [-0.25, -0.2) is 8.78 Å². The minimum absolute atomic E-state index is 1.54. The lowest BCUT2D eigenvalue weighted by Gasteiger charge is -2.21. The predicted octanol–water partition coefficient (Wildman–Crippen LogP) is 3.23. The Hall–Kier alpha value is 1.02. The molecule has 0 nitrogen and oxygen atoms in total. The van der Waals surface area contributed by atoms with Crippen LogP contribution in [-0.2, 0) is 0 Å². The maximum absolute atomic E-state index is 12.3. The fourth-order valence-corrected chi connectivity index (χ4v) is 0.227. The molecule has 0 amide bonds. The van der Waals surface area contributed by atoms with Gasteiger partial charge in [0.2, 0.25) is 3.79 Å². The summed E-state index contributed by atoms with van der Waals surface area (Å²) in [4.78, 5) is 0. The van der Waals surface area contributed by atoms with Crippen molar-refractivity contribution in [3.63, 3.8) is 0 Å². The molecule has 0 spiro atoms. The number of rotatable bonds is 1. The molecule has 0 aromatic heterocycles. The standard InChI is InChI=1S/C3H2Cl4F2/c4-2(9,1-8)3(5,6)7/h1H2. The van der Waals surface area contributed by atoms with Gasteiger partial charge < -0.3 is 0 Å². The fraction of sp³-hybridized carbons (Fsp3) is 1.00. The first kappa shape index (κ1) is 10.0. The van der Waals surface area contributed by atoms with Gasteiger partial charge in [-0.3, -0.25) is 0 Å². The molecule has 0 aromatic carbocycles. The third-order valence-electron chi connectivity index (χ3n) is 0.583. The Balaban J connectivity index is 4.14. The van der Waals surface area contributed by atoms with Crippen LogP contribution in [0.15, 0.2) is 0 Å². The van der Waals surface area contributed by atoms with E-state index < -0.39 is 15.6 Å². The van der Waals surface area contributed by atoms with Crippen LogP contribution in [0.4, 0.5) is 8.78 Å². The van der Waals surface area contributed by atoms with Crippen LogP contribution in [0.2, 0.25) is 0 Å². The van der Waals surface area contributed by atoms with Gasteiger partial charge in [0.25, 0.3) is 5.13 Å². The van der Waals surface area contributed by atoms with E-state index in [1.165, 1.54) is 0 Å². The van der Waals surface area contributed by atoms with Crippen LogP contribution in [0.1, 0.15) is 0 Å². The minimum atomic E-state index is -2.92. The lowest BCUT2D eigenvalue weighted by molar-refractivity contribution is 0.218. The average molecular weight is 218 g/mol. The summed E-state index contributed by atoms with van der Waals surface area (Å²) in [6.07, 6.45) is 0. The Morgan fingerprint density at radius 2 is 1.44 bits per heavy atom. The van der Waals surface area contributed by atoms with E-state index in [0.717, 1.165) is 0 Å². The zero-order valence-corrected chi connectivity index (χ0v) is 7.00. The molecule has 0 aliphatic heterocycles. The molecular formula is C3H2Cl4F2. The number of halogens is 6. The summed E-state index contributed by atoms with van der Waals surface area (Å²) in [6, 6.07) is 0. The number of hydrogen-bond donors (Lipinski definition) is 0. The first-order valence-corrected chi connectivity index (χ1v) is 3.33. The summed E-state index contributed by atoms with van der Waals surface area (Å²) in [7, 11) is 0. The van der Waals surface area contributed by atoms with Crippen molar-refractivity contribution in [1.82, 2.24) is 0 Å². The van der Waals surface area contributed by atoms with Gasteiger partial charge in [-0.2, -0.15) is 0 Å². The molecular weight excluding hydrogens is 216 g/mol. The van der Waals surface area contributed by atoms with Gasteiger partial charge in [0, 0.05) is 0 Å². The highest BCUT2D eigenvalue weighted by atomic mass is 35.6. The second-order valence-corrected chi connectivity index (χ2v) is 4.22. The van der Waals surface area contributed by atoms with E-state index in [0.29, 0.717) is 0 Å². The summed E-state index contributed by atoms with van der Waals surface area (Å²) in [6.45, 7) is -1.54. The number of alkyl halides is 6. The topological polar surface area (TPSA) is 0 Å². The third kappa shape index (κ3) is 2.62. The second kappa shape index (κ2) is 2.95. The molecule has 0 aliphatic carbocycles. The zero-order chi connectivity index (χ0) is 7.71. The minimum Gasteiger partial charge on any atom is -0.246 e. The highest BCUT2D eigenvalue weighted by Crippen LogP contribution is 2.44. The lowest BCUT2D eigenvalue weighted by atomic mass is 10.5. The average Bonchev–Trinajstić information content (AvgIpc) is 1.64. The Morgan fingerprint density at radius 1 is 1.11 bits per heavy atom. The van der Waals surface area contributed by atoms with Crippen LogP contribution in [0.5, 0.6) is 0 Å². The normalized spacial score (nSPS) is 19.3. The molecule has 6 heteroatoms. The summed E-state index contributed by atoms with van der Waals surface area (Å²) >= 11 is 19.5. The van der Waals surface area contributed by atoms with E-state index in [9.17, 15) is 8.78 Å². The highest BCUT2D eigenvalue weighted by Gasteiger charge is 2.48. The Morgan fingerprint density at radius 3 is 1.44 bits per heavy atom. The third-order valence-corrected chi connectivity index (χ3v) is 2.16. The summed E-state index contributed by atoms with van der Waals surface area (Å²) < 4.78 is 21.4. The maximum Gasteiger partial charge on any atom is 0.258 e. The van der Waals surface area contributed by atoms with E-state index >= 15 is 0 Å². The molecule has 0 aliphatic rings. The van der Waals surface area contributed by atoms with E-state index in [-0.39, 0.29) is 0 Å². The molecule has 0 rings (SSSR count). The van der Waals surface area contributed by atoms with E-state index in [1.54, 1.807) is 0 Å². The first-order valence-electron chi connectivity index (χ1n) is 1.82. The van der Waals surface area contributed by atoms with Gasteiger partial charge in [-0.05, 0) is 0 Å². The van der Waals surface area contributed by atoms with Gasteiger partial charge >= 0.3 is 0 Å². The molecule has 0 saturated carbocycles. The summed E-state index contributed by atoms with van der Waals surface area (Å²) in [5.74, 6) is 0. The van der Waals surface area contributed by atoms with Crippen molar-refractivity contribution in [2.45, 2.75) is 8.92 Å². The molecule has 0 aromatic rings. The van der Waals surface area contributed by atoms with Gasteiger partial charge in [-0.15, -0.1) is 0 Å². The molecule has 1 unspecified atom stereocenters. The molecule has 0 N–H and O–H groups in total. The van der Waals surface area contributed by atoms with Crippen molar-refractivity contribution < 1.29 is 8.78 Å². The monoisotopic (exact) mass is 216 g/mol. The molecule has 9 heavy (non-hydrogen) atoms. The van der Waals surface area contributed by atoms with Crippen molar-refractivity contribution in [2.24, 2.45) is 0 Å². The molecule has 0 fully saturated rings. The number of hydrogen-bond acceptors (Lipinski definition) is 0.